The van der Waals surface area contributed by atoms with Crippen LogP contribution in [0.15, 0.2) is 12.3 Å². The van der Waals surface area contributed by atoms with E-state index in [0.29, 0.717) is 23.7 Å². The number of fused-ring (bicyclic) bond motifs is 1. The highest BCUT2D eigenvalue weighted by Crippen LogP contribution is 2.39. The lowest BCUT2D eigenvalue weighted by Gasteiger charge is -2.31. The zero-order valence-corrected chi connectivity index (χ0v) is 12.7. The van der Waals surface area contributed by atoms with Crippen molar-refractivity contribution >= 4 is 11.8 Å². The largest absolute Gasteiger partial charge is 0.323 e. The minimum atomic E-state index is -2.45. The predicted octanol–water partition coefficient (Wildman–Crippen LogP) is 3.19. The van der Waals surface area contributed by atoms with Crippen molar-refractivity contribution in [3.8, 4) is 0 Å². The molecule has 1 aromatic heterocycles. The summed E-state index contributed by atoms with van der Waals surface area (Å²) < 4.78 is 25.8. The van der Waals surface area contributed by atoms with Gasteiger partial charge >= 0.3 is 6.03 Å². The molecule has 1 saturated carbocycles. The molecule has 0 spiro atoms. The van der Waals surface area contributed by atoms with Gasteiger partial charge in [-0.2, -0.15) is 5.10 Å². The normalized spacial score (nSPS) is 28.0. The number of nitrogens with one attached hydrogen (secondary N) is 1. The van der Waals surface area contributed by atoms with Crippen molar-refractivity contribution < 1.29 is 13.6 Å². The first-order valence-electron chi connectivity index (χ1n) is 7.94. The number of carbonyl (C=O) groups is 1. The van der Waals surface area contributed by atoms with Crippen molar-refractivity contribution in [2.45, 2.75) is 51.6 Å². The Hall–Kier alpha value is -1.66. The van der Waals surface area contributed by atoms with Crippen LogP contribution in [0, 0.1) is 11.8 Å². The number of likely N-dealkylation sites (tertiary alicyclic amines) is 1. The summed E-state index contributed by atoms with van der Waals surface area (Å²) in [6.45, 7) is 2.51. The number of hydrogen-bond acceptors (Lipinski definition) is 2. The number of carbonyl (C=O) groups excluding carboxylic acids is 1. The number of anilines is 1. The van der Waals surface area contributed by atoms with Gasteiger partial charge in [0, 0.05) is 24.8 Å². The fourth-order valence-electron chi connectivity index (χ4n) is 3.86. The molecule has 122 valence electrons. The third-order valence-corrected chi connectivity index (χ3v) is 4.86. The molecule has 2 fully saturated rings. The van der Waals surface area contributed by atoms with E-state index in [1.54, 1.807) is 6.07 Å². The highest BCUT2D eigenvalue weighted by atomic mass is 19.3. The number of rotatable bonds is 3. The molecule has 0 bridgehead atoms. The molecule has 1 saturated heterocycles. The Morgan fingerprint density at radius 1 is 1.45 bits per heavy atom. The van der Waals surface area contributed by atoms with Crippen LogP contribution in [0.25, 0.3) is 0 Å². The standard InChI is InChI=1S/C15H22F2N4O/c1-10-8-21(12-5-3-2-4-11(10)12)15(22)18-14-6-7-20(19-14)9-13(16)17/h6-7,10-13H,2-5,8-9H2,1H3,(H,18,19,22). The number of urea groups is 1. The van der Waals surface area contributed by atoms with Gasteiger partial charge in [0.15, 0.2) is 5.82 Å². The van der Waals surface area contributed by atoms with Gasteiger partial charge in [0.2, 0.25) is 0 Å². The molecule has 3 rings (SSSR count). The summed E-state index contributed by atoms with van der Waals surface area (Å²) in [4.78, 5) is 14.4. The minimum absolute atomic E-state index is 0.163. The molecule has 2 aliphatic rings. The average molecular weight is 312 g/mol. The van der Waals surface area contributed by atoms with Gasteiger partial charge in [0.1, 0.15) is 6.54 Å². The van der Waals surface area contributed by atoms with E-state index in [1.165, 1.54) is 25.5 Å². The molecule has 1 aliphatic carbocycles. The number of aromatic nitrogens is 2. The summed E-state index contributed by atoms with van der Waals surface area (Å²) in [5.74, 6) is 1.45. The quantitative estimate of drug-likeness (QED) is 0.932. The van der Waals surface area contributed by atoms with Crippen LogP contribution in [0.1, 0.15) is 32.6 Å². The van der Waals surface area contributed by atoms with Gasteiger partial charge in [-0.1, -0.05) is 19.8 Å². The molecular weight excluding hydrogens is 290 g/mol. The Morgan fingerprint density at radius 3 is 3.00 bits per heavy atom. The van der Waals surface area contributed by atoms with Crippen molar-refractivity contribution in [2.24, 2.45) is 11.8 Å². The maximum absolute atomic E-state index is 12.5. The highest BCUT2D eigenvalue weighted by molar-refractivity contribution is 5.88. The van der Waals surface area contributed by atoms with Crippen LogP contribution in [0.5, 0.6) is 0 Å². The summed E-state index contributed by atoms with van der Waals surface area (Å²) in [6.07, 6.45) is 3.67. The van der Waals surface area contributed by atoms with E-state index in [-0.39, 0.29) is 6.03 Å². The van der Waals surface area contributed by atoms with Crippen molar-refractivity contribution in [2.75, 3.05) is 11.9 Å². The fraction of sp³-hybridized carbons (Fsp3) is 0.733. The first-order chi connectivity index (χ1) is 10.5. The molecule has 3 unspecified atom stereocenters. The van der Waals surface area contributed by atoms with E-state index in [1.807, 2.05) is 4.90 Å². The molecule has 3 atom stereocenters. The van der Waals surface area contributed by atoms with E-state index < -0.39 is 13.0 Å². The van der Waals surface area contributed by atoms with Gasteiger partial charge in [-0.3, -0.25) is 10.00 Å². The zero-order chi connectivity index (χ0) is 15.7. The molecule has 0 aromatic carbocycles. The van der Waals surface area contributed by atoms with Crippen LogP contribution < -0.4 is 5.32 Å². The molecule has 2 amide bonds. The molecule has 1 aromatic rings. The summed E-state index contributed by atoms with van der Waals surface area (Å²) in [5.41, 5.74) is 0. The predicted molar refractivity (Wildman–Crippen MR) is 78.9 cm³/mol. The van der Waals surface area contributed by atoms with E-state index in [2.05, 4.69) is 17.3 Å². The first-order valence-corrected chi connectivity index (χ1v) is 7.94. The second-order valence-corrected chi connectivity index (χ2v) is 6.39. The van der Waals surface area contributed by atoms with Crippen LogP contribution >= 0.6 is 0 Å². The molecular formula is C15H22F2N4O. The van der Waals surface area contributed by atoms with Crippen LogP contribution in [0.3, 0.4) is 0 Å². The van der Waals surface area contributed by atoms with E-state index in [0.717, 1.165) is 17.6 Å². The molecule has 22 heavy (non-hydrogen) atoms. The van der Waals surface area contributed by atoms with Crippen molar-refractivity contribution in [3.63, 3.8) is 0 Å². The lowest BCUT2D eigenvalue weighted by Crippen LogP contribution is -2.41. The van der Waals surface area contributed by atoms with Gasteiger partial charge in [-0.05, 0) is 24.7 Å². The first kappa shape index (κ1) is 15.2. The lowest BCUT2D eigenvalue weighted by molar-refractivity contribution is 0.122. The van der Waals surface area contributed by atoms with Crippen molar-refractivity contribution in [1.82, 2.24) is 14.7 Å². The summed E-state index contributed by atoms with van der Waals surface area (Å²) in [6, 6.07) is 1.70. The molecule has 0 radical (unpaired) electrons. The van der Waals surface area contributed by atoms with Crippen LogP contribution in [-0.4, -0.2) is 39.7 Å². The maximum atomic E-state index is 12.5. The Morgan fingerprint density at radius 2 is 2.23 bits per heavy atom. The van der Waals surface area contributed by atoms with Gasteiger partial charge in [-0.25, -0.2) is 13.6 Å². The van der Waals surface area contributed by atoms with E-state index in [9.17, 15) is 13.6 Å². The number of hydrogen-bond donors (Lipinski definition) is 1. The topological polar surface area (TPSA) is 50.2 Å². The number of alkyl halides is 2. The van der Waals surface area contributed by atoms with Crippen molar-refractivity contribution in [3.05, 3.63) is 12.3 Å². The molecule has 1 aliphatic heterocycles. The van der Waals surface area contributed by atoms with Crippen molar-refractivity contribution in [1.29, 1.82) is 0 Å². The lowest BCUT2D eigenvalue weighted by atomic mass is 9.80. The summed E-state index contributed by atoms with van der Waals surface area (Å²) in [7, 11) is 0. The van der Waals surface area contributed by atoms with Crippen LogP contribution in [-0.2, 0) is 6.54 Å². The SMILES string of the molecule is CC1CN(C(=O)Nc2ccn(CC(F)F)n2)C2CCCCC12. The molecule has 2 heterocycles. The Labute approximate surface area is 128 Å². The van der Waals surface area contributed by atoms with Gasteiger partial charge in [-0.15, -0.1) is 0 Å². The second kappa shape index (κ2) is 6.22. The summed E-state index contributed by atoms with van der Waals surface area (Å²) >= 11 is 0. The maximum Gasteiger partial charge on any atom is 0.323 e. The van der Waals surface area contributed by atoms with E-state index >= 15 is 0 Å². The third kappa shape index (κ3) is 3.08. The second-order valence-electron chi connectivity index (χ2n) is 6.39. The van der Waals surface area contributed by atoms with Gasteiger partial charge in [0.25, 0.3) is 6.43 Å². The third-order valence-electron chi connectivity index (χ3n) is 4.86. The zero-order valence-electron chi connectivity index (χ0n) is 12.7. The molecule has 7 heteroatoms. The molecule has 1 N–H and O–H groups in total. The Kier molecular flexibility index (Phi) is 4.31. The Balaban J connectivity index is 1.63. The molecule has 5 nitrogen and oxygen atoms in total. The number of halogens is 2. The van der Waals surface area contributed by atoms with Gasteiger partial charge < -0.3 is 4.90 Å². The fourth-order valence-corrected chi connectivity index (χ4v) is 3.86. The minimum Gasteiger partial charge on any atom is -0.321 e. The van der Waals surface area contributed by atoms with Crippen LogP contribution in [0.2, 0.25) is 0 Å². The van der Waals surface area contributed by atoms with Crippen LogP contribution in [0.4, 0.5) is 19.4 Å². The average Bonchev–Trinajstić information content (AvgIpc) is 3.04. The van der Waals surface area contributed by atoms with Gasteiger partial charge in [0.05, 0.1) is 0 Å². The smallest absolute Gasteiger partial charge is 0.321 e. The number of nitrogens with zero attached hydrogens (tertiary/aromatic N) is 3. The number of amides is 2. The monoisotopic (exact) mass is 312 g/mol. The Bertz CT molecular complexity index is 533. The van der Waals surface area contributed by atoms with E-state index in [4.69, 9.17) is 0 Å². The summed E-state index contributed by atoms with van der Waals surface area (Å²) in [5, 5.41) is 6.70. The highest BCUT2D eigenvalue weighted by Gasteiger charge is 2.42.